The minimum atomic E-state index is -4.84. The zero-order valence-corrected chi connectivity index (χ0v) is 16.3. The standard InChI is InChI=1S/C14H8O8S2.Na.H/c15-13-7-3-1-5-9(23(17,18)19)11(7)14(16)12-8(13)4-2-6-10(12)24(20,21)22;;/h1-6H,(H,17,18,19)(H,20,21,22);;/q;+1;-1. The van der Waals surface area contributed by atoms with Crippen molar-refractivity contribution in [3.05, 3.63) is 58.7 Å². The Morgan fingerprint density at radius 2 is 1.04 bits per heavy atom. The van der Waals surface area contributed by atoms with Crippen LogP contribution in [0.25, 0.3) is 0 Å². The van der Waals surface area contributed by atoms with Crippen molar-refractivity contribution in [2.45, 2.75) is 9.79 Å². The Morgan fingerprint density at radius 1 is 0.680 bits per heavy atom. The summed E-state index contributed by atoms with van der Waals surface area (Å²) in [4.78, 5) is 23.6. The Kier molecular flexibility index (Phi) is 5.10. The molecule has 0 spiro atoms. The summed E-state index contributed by atoms with van der Waals surface area (Å²) >= 11 is 0. The van der Waals surface area contributed by atoms with Crippen molar-refractivity contribution in [3.63, 3.8) is 0 Å². The topological polar surface area (TPSA) is 143 Å². The monoisotopic (exact) mass is 392 g/mol. The minimum absolute atomic E-state index is 0. The maximum absolute atomic E-state index is 12.7. The molecule has 1 aliphatic rings. The molecule has 2 N–H and O–H groups in total. The predicted octanol–water partition coefficient (Wildman–Crippen LogP) is -1.93. The summed E-state index contributed by atoms with van der Waals surface area (Å²) in [6, 6.07) is 6.55. The average molecular weight is 392 g/mol. The van der Waals surface area contributed by atoms with Gasteiger partial charge in [-0.05, 0) is 12.1 Å². The van der Waals surface area contributed by atoms with E-state index < -0.39 is 52.7 Å². The Labute approximate surface area is 166 Å². The molecule has 0 unspecified atom stereocenters. The molecule has 0 atom stereocenters. The van der Waals surface area contributed by atoms with E-state index in [-0.39, 0.29) is 42.1 Å². The third kappa shape index (κ3) is 3.22. The minimum Gasteiger partial charge on any atom is -1.00 e. The van der Waals surface area contributed by atoms with E-state index in [0.29, 0.717) is 0 Å². The third-order valence-electron chi connectivity index (χ3n) is 3.55. The van der Waals surface area contributed by atoms with Crippen molar-refractivity contribution in [2.75, 3.05) is 0 Å². The van der Waals surface area contributed by atoms with E-state index in [9.17, 15) is 35.5 Å². The van der Waals surface area contributed by atoms with Gasteiger partial charge in [-0.2, -0.15) is 16.8 Å². The summed E-state index contributed by atoms with van der Waals surface area (Å²) in [5.74, 6) is -1.89. The number of carbonyl (C=O) groups excluding carboxylic acids is 2. The Hall–Kier alpha value is -1.40. The van der Waals surface area contributed by atoms with Crippen molar-refractivity contribution in [1.29, 1.82) is 0 Å². The van der Waals surface area contributed by atoms with E-state index >= 15 is 0 Å². The van der Waals surface area contributed by atoms with E-state index in [0.717, 1.165) is 12.1 Å². The summed E-state index contributed by atoms with van der Waals surface area (Å²) in [6.45, 7) is 0. The molecule has 2 aromatic carbocycles. The molecule has 126 valence electrons. The molecule has 0 amide bonds. The molecule has 25 heavy (non-hydrogen) atoms. The predicted molar refractivity (Wildman–Crippen MR) is 80.5 cm³/mol. The number of rotatable bonds is 2. The first-order valence-corrected chi connectivity index (χ1v) is 9.22. The summed E-state index contributed by atoms with van der Waals surface area (Å²) in [6.07, 6.45) is 0. The quantitative estimate of drug-likeness (QED) is 0.379. The van der Waals surface area contributed by atoms with Gasteiger partial charge in [0.15, 0.2) is 11.6 Å². The van der Waals surface area contributed by atoms with E-state index in [4.69, 9.17) is 0 Å². The molecule has 0 radical (unpaired) electrons. The largest absolute Gasteiger partial charge is 1.00 e. The maximum atomic E-state index is 12.7. The number of fused-ring (bicyclic) bond motifs is 2. The van der Waals surface area contributed by atoms with Gasteiger partial charge in [0, 0.05) is 11.1 Å². The van der Waals surface area contributed by atoms with E-state index in [2.05, 4.69) is 0 Å². The first-order valence-electron chi connectivity index (χ1n) is 6.34. The van der Waals surface area contributed by atoms with Crippen LogP contribution in [0.5, 0.6) is 0 Å². The Morgan fingerprint density at radius 3 is 1.36 bits per heavy atom. The van der Waals surface area contributed by atoms with Gasteiger partial charge in [0.1, 0.15) is 9.79 Å². The Bertz CT molecular complexity index is 1050. The fraction of sp³-hybridized carbons (Fsp3) is 0. The van der Waals surface area contributed by atoms with E-state index in [1.54, 1.807) is 0 Å². The average Bonchev–Trinajstić information content (AvgIpc) is 2.49. The molecule has 11 heteroatoms. The van der Waals surface area contributed by atoms with Crippen LogP contribution >= 0.6 is 0 Å². The number of hydrogen-bond acceptors (Lipinski definition) is 6. The summed E-state index contributed by atoms with van der Waals surface area (Å²) in [5, 5.41) is 0. The molecule has 8 nitrogen and oxygen atoms in total. The van der Waals surface area contributed by atoms with Gasteiger partial charge < -0.3 is 1.43 Å². The maximum Gasteiger partial charge on any atom is 1.00 e. The first-order chi connectivity index (χ1) is 11.0. The number of benzene rings is 2. The van der Waals surface area contributed by atoms with Gasteiger partial charge in [-0.1, -0.05) is 24.3 Å². The zero-order chi connectivity index (χ0) is 17.9. The van der Waals surface area contributed by atoms with Crippen LogP contribution in [0, 0.1) is 0 Å². The second-order valence-electron chi connectivity index (χ2n) is 4.97. The molecule has 0 aliphatic heterocycles. The van der Waals surface area contributed by atoms with Crippen molar-refractivity contribution >= 4 is 31.8 Å². The SMILES string of the molecule is O=C1c2cccc(S(=O)(=O)O)c2C(=O)c2c1cccc2S(=O)(=O)O.[H-].[Na+]. The normalized spacial score (nSPS) is 13.7. The van der Waals surface area contributed by atoms with Gasteiger partial charge in [-0.15, -0.1) is 0 Å². The molecule has 3 rings (SSSR count). The van der Waals surface area contributed by atoms with Gasteiger partial charge >= 0.3 is 29.6 Å². The number of ketones is 2. The number of hydrogen-bond donors (Lipinski definition) is 2. The van der Waals surface area contributed by atoms with Crippen LogP contribution in [0.4, 0.5) is 0 Å². The molecule has 0 heterocycles. The summed E-state index contributed by atoms with van der Waals surface area (Å²) in [5.41, 5.74) is -1.83. The Balaban J connectivity index is 0.00000169. The van der Waals surface area contributed by atoms with Gasteiger partial charge in [0.05, 0.1) is 11.1 Å². The summed E-state index contributed by atoms with van der Waals surface area (Å²) < 4.78 is 64.4. The smallest absolute Gasteiger partial charge is 1.00 e. The van der Waals surface area contributed by atoms with E-state index in [1.165, 1.54) is 24.3 Å². The van der Waals surface area contributed by atoms with Gasteiger partial charge in [0.2, 0.25) is 0 Å². The molecule has 0 fully saturated rings. The molecule has 0 saturated carbocycles. The molecular formula is C14H9NaO8S2. The van der Waals surface area contributed by atoms with Gasteiger partial charge in [-0.3, -0.25) is 18.7 Å². The molecule has 1 aliphatic carbocycles. The molecule has 0 saturated heterocycles. The van der Waals surface area contributed by atoms with Crippen molar-refractivity contribution in [2.24, 2.45) is 0 Å². The van der Waals surface area contributed by atoms with Crippen molar-refractivity contribution in [1.82, 2.24) is 0 Å². The van der Waals surface area contributed by atoms with Crippen LogP contribution in [0.1, 0.15) is 33.3 Å². The van der Waals surface area contributed by atoms with Crippen molar-refractivity contribution < 1.29 is 66.5 Å². The van der Waals surface area contributed by atoms with Crippen molar-refractivity contribution in [3.8, 4) is 0 Å². The fourth-order valence-electron chi connectivity index (χ4n) is 2.61. The molecular weight excluding hydrogens is 383 g/mol. The van der Waals surface area contributed by atoms with Crippen LogP contribution in [0.2, 0.25) is 0 Å². The second kappa shape index (κ2) is 6.40. The zero-order valence-electron chi connectivity index (χ0n) is 13.6. The number of carbonyl (C=O) groups is 2. The van der Waals surface area contributed by atoms with Crippen LogP contribution < -0.4 is 29.6 Å². The second-order valence-corrected chi connectivity index (χ2v) is 7.75. The van der Waals surface area contributed by atoms with E-state index in [1.807, 2.05) is 0 Å². The van der Waals surface area contributed by atoms with Crippen LogP contribution in [-0.2, 0) is 20.2 Å². The third-order valence-corrected chi connectivity index (χ3v) is 5.34. The molecule has 2 aromatic rings. The van der Waals surface area contributed by atoms with Gasteiger partial charge in [0.25, 0.3) is 20.2 Å². The van der Waals surface area contributed by atoms with Crippen LogP contribution in [0.15, 0.2) is 46.2 Å². The van der Waals surface area contributed by atoms with Gasteiger partial charge in [-0.25, -0.2) is 0 Å². The van der Waals surface area contributed by atoms with Crippen LogP contribution in [0.3, 0.4) is 0 Å². The molecule has 0 bridgehead atoms. The van der Waals surface area contributed by atoms with Crippen LogP contribution in [-0.4, -0.2) is 37.5 Å². The fourth-order valence-corrected chi connectivity index (χ4v) is 4.03. The molecule has 0 aromatic heterocycles. The summed E-state index contributed by atoms with van der Waals surface area (Å²) in [7, 11) is -9.67. The first kappa shape index (κ1) is 19.9.